The second-order valence-electron chi connectivity index (χ2n) is 6.82. The van der Waals surface area contributed by atoms with Crippen molar-refractivity contribution >= 4 is 27.1 Å². The standard InChI is InChI=1S/C19H20FN3O5S/c1-29(27,28)18-13-15(23(25)26)6-7-17(18)21-8-10-22(11-9-21)19(24)12-14-4-2-3-5-16(14)20/h2-7,13H,8-12H2,1H3. The molecule has 29 heavy (non-hydrogen) atoms. The van der Waals surface area contributed by atoms with Crippen LogP contribution >= 0.6 is 0 Å². The van der Waals surface area contributed by atoms with E-state index in [0.29, 0.717) is 37.4 Å². The van der Waals surface area contributed by atoms with Gasteiger partial charge in [0.2, 0.25) is 5.91 Å². The largest absolute Gasteiger partial charge is 0.367 e. The van der Waals surface area contributed by atoms with E-state index in [9.17, 15) is 27.7 Å². The Balaban J connectivity index is 1.73. The van der Waals surface area contributed by atoms with E-state index >= 15 is 0 Å². The summed E-state index contributed by atoms with van der Waals surface area (Å²) < 4.78 is 38.0. The zero-order chi connectivity index (χ0) is 21.2. The lowest BCUT2D eigenvalue weighted by Gasteiger charge is -2.36. The predicted molar refractivity (Wildman–Crippen MR) is 105 cm³/mol. The number of nitrogens with zero attached hydrogens (tertiary/aromatic N) is 3. The van der Waals surface area contributed by atoms with Gasteiger partial charge in [-0.25, -0.2) is 12.8 Å². The minimum absolute atomic E-state index is 0.0429. The van der Waals surface area contributed by atoms with Crippen molar-refractivity contribution in [1.82, 2.24) is 4.90 Å². The molecule has 0 radical (unpaired) electrons. The topological polar surface area (TPSA) is 101 Å². The number of rotatable bonds is 5. The van der Waals surface area contributed by atoms with E-state index in [-0.39, 0.29) is 22.9 Å². The van der Waals surface area contributed by atoms with Crippen molar-refractivity contribution < 1.29 is 22.5 Å². The maximum Gasteiger partial charge on any atom is 0.270 e. The number of amides is 1. The number of anilines is 1. The van der Waals surface area contributed by atoms with Crippen LogP contribution in [0.1, 0.15) is 5.56 Å². The van der Waals surface area contributed by atoms with Gasteiger partial charge in [0.25, 0.3) is 5.69 Å². The summed E-state index contributed by atoms with van der Waals surface area (Å²) in [6.07, 6.45) is 0.961. The van der Waals surface area contributed by atoms with Crippen molar-refractivity contribution in [2.45, 2.75) is 11.3 Å². The summed E-state index contributed by atoms with van der Waals surface area (Å²) in [6, 6.07) is 9.85. The van der Waals surface area contributed by atoms with E-state index in [1.54, 1.807) is 28.0 Å². The molecule has 0 aliphatic carbocycles. The van der Waals surface area contributed by atoms with Crippen LogP contribution in [0.4, 0.5) is 15.8 Å². The van der Waals surface area contributed by atoms with E-state index in [2.05, 4.69) is 0 Å². The Bertz CT molecular complexity index is 1050. The summed E-state index contributed by atoms with van der Waals surface area (Å²) in [5, 5.41) is 11.0. The van der Waals surface area contributed by atoms with Crippen LogP contribution < -0.4 is 4.90 Å². The number of halogens is 1. The van der Waals surface area contributed by atoms with E-state index in [1.807, 2.05) is 0 Å². The maximum absolute atomic E-state index is 13.8. The molecule has 0 aromatic heterocycles. The van der Waals surface area contributed by atoms with Crippen LogP contribution in [0.3, 0.4) is 0 Å². The zero-order valence-corrected chi connectivity index (χ0v) is 16.6. The summed E-state index contributed by atoms with van der Waals surface area (Å²) in [6.45, 7) is 1.41. The highest BCUT2D eigenvalue weighted by Crippen LogP contribution is 2.30. The van der Waals surface area contributed by atoms with Gasteiger partial charge in [0.1, 0.15) is 5.82 Å². The lowest BCUT2D eigenvalue weighted by molar-refractivity contribution is -0.385. The SMILES string of the molecule is CS(=O)(=O)c1cc([N+](=O)[O-])ccc1N1CCN(C(=O)Cc2ccccc2F)CC1. The second kappa shape index (κ2) is 8.16. The van der Waals surface area contributed by atoms with E-state index in [4.69, 9.17) is 0 Å². The fourth-order valence-corrected chi connectivity index (χ4v) is 4.20. The Morgan fingerprint density at radius 2 is 1.79 bits per heavy atom. The smallest absolute Gasteiger partial charge is 0.270 e. The Hall–Kier alpha value is -3.01. The van der Waals surface area contributed by atoms with Crippen molar-refractivity contribution in [2.75, 3.05) is 37.3 Å². The van der Waals surface area contributed by atoms with Crippen molar-refractivity contribution in [3.8, 4) is 0 Å². The van der Waals surface area contributed by atoms with Gasteiger partial charge in [0, 0.05) is 44.6 Å². The third kappa shape index (κ3) is 4.70. The van der Waals surface area contributed by atoms with E-state index in [1.165, 1.54) is 18.2 Å². The quantitative estimate of drug-likeness (QED) is 0.541. The summed E-state index contributed by atoms with van der Waals surface area (Å²) in [5.74, 6) is -0.634. The van der Waals surface area contributed by atoms with Crippen LogP contribution in [0, 0.1) is 15.9 Å². The van der Waals surface area contributed by atoms with Gasteiger partial charge in [-0.2, -0.15) is 0 Å². The highest BCUT2D eigenvalue weighted by atomic mass is 32.2. The normalized spacial score (nSPS) is 14.7. The Morgan fingerprint density at radius 3 is 2.38 bits per heavy atom. The van der Waals surface area contributed by atoms with Gasteiger partial charge in [-0.05, 0) is 17.7 Å². The molecule has 8 nitrogen and oxygen atoms in total. The van der Waals surface area contributed by atoms with Gasteiger partial charge >= 0.3 is 0 Å². The average Bonchev–Trinajstić information content (AvgIpc) is 2.68. The van der Waals surface area contributed by atoms with Gasteiger partial charge in [-0.15, -0.1) is 0 Å². The molecule has 1 saturated heterocycles. The van der Waals surface area contributed by atoms with Crippen LogP contribution in [-0.2, 0) is 21.1 Å². The van der Waals surface area contributed by atoms with Crippen LogP contribution in [0.15, 0.2) is 47.4 Å². The highest BCUT2D eigenvalue weighted by molar-refractivity contribution is 7.90. The number of sulfone groups is 1. The molecule has 1 fully saturated rings. The van der Waals surface area contributed by atoms with E-state index < -0.39 is 20.6 Å². The lowest BCUT2D eigenvalue weighted by Crippen LogP contribution is -2.49. The molecule has 1 aliphatic heterocycles. The number of carbonyl (C=O) groups excluding carboxylic acids is 1. The lowest BCUT2D eigenvalue weighted by atomic mass is 10.1. The molecule has 1 heterocycles. The molecule has 0 saturated carbocycles. The number of nitro benzene ring substituents is 1. The van der Waals surface area contributed by atoms with Gasteiger partial charge in [0.05, 0.1) is 21.9 Å². The summed E-state index contributed by atoms with van der Waals surface area (Å²) in [4.78, 5) is 26.1. The van der Waals surface area contributed by atoms with Gasteiger partial charge in [-0.3, -0.25) is 14.9 Å². The number of hydrogen-bond acceptors (Lipinski definition) is 6. The first kappa shape index (κ1) is 20.7. The van der Waals surface area contributed by atoms with Crippen molar-refractivity contribution in [3.63, 3.8) is 0 Å². The molecule has 1 amide bonds. The third-order valence-corrected chi connectivity index (χ3v) is 5.95. The van der Waals surface area contributed by atoms with E-state index in [0.717, 1.165) is 12.3 Å². The molecular weight excluding hydrogens is 401 g/mol. The Labute approximate surface area is 167 Å². The highest BCUT2D eigenvalue weighted by Gasteiger charge is 2.26. The number of piperazine rings is 1. The molecule has 10 heteroatoms. The third-order valence-electron chi connectivity index (χ3n) is 4.83. The maximum atomic E-state index is 13.8. The fraction of sp³-hybridized carbons (Fsp3) is 0.316. The number of carbonyl (C=O) groups is 1. The molecule has 0 unspecified atom stereocenters. The minimum Gasteiger partial charge on any atom is -0.367 e. The first-order chi connectivity index (χ1) is 13.7. The fourth-order valence-electron chi connectivity index (χ4n) is 3.29. The minimum atomic E-state index is -3.68. The van der Waals surface area contributed by atoms with Crippen LogP contribution in [0.5, 0.6) is 0 Å². The number of non-ortho nitro benzene ring substituents is 1. The van der Waals surface area contributed by atoms with Gasteiger partial charge in [0.15, 0.2) is 9.84 Å². The Kier molecular flexibility index (Phi) is 5.83. The zero-order valence-electron chi connectivity index (χ0n) is 15.7. The molecule has 0 bridgehead atoms. The predicted octanol–water partition coefficient (Wildman–Crippen LogP) is 2.03. The summed E-state index contributed by atoms with van der Waals surface area (Å²) in [7, 11) is -3.68. The van der Waals surface area contributed by atoms with Crippen LogP contribution in [-0.4, -0.2) is 56.6 Å². The molecule has 2 aromatic carbocycles. The first-order valence-electron chi connectivity index (χ1n) is 8.91. The molecule has 2 aromatic rings. The molecule has 154 valence electrons. The molecular formula is C19H20FN3O5S. The Morgan fingerprint density at radius 1 is 1.14 bits per heavy atom. The van der Waals surface area contributed by atoms with Gasteiger partial charge in [-0.1, -0.05) is 18.2 Å². The average molecular weight is 421 g/mol. The molecule has 0 spiro atoms. The van der Waals surface area contributed by atoms with Crippen molar-refractivity contribution in [3.05, 3.63) is 64.0 Å². The van der Waals surface area contributed by atoms with Gasteiger partial charge < -0.3 is 9.80 Å². The number of hydrogen-bond donors (Lipinski definition) is 0. The van der Waals surface area contributed by atoms with Crippen molar-refractivity contribution in [2.24, 2.45) is 0 Å². The molecule has 3 rings (SSSR count). The number of nitro groups is 1. The number of benzene rings is 2. The van der Waals surface area contributed by atoms with Crippen molar-refractivity contribution in [1.29, 1.82) is 0 Å². The molecule has 0 N–H and O–H groups in total. The molecule has 0 atom stereocenters. The van der Waals surface area contributed by atoms with Crippen LogP contribution in [0.25, 0.3) is 0 Å². The summed E-state index contributed by atoms with van der Waals surface area (Å²) in [5.41, 5.74) is 0.404. The van der Waals surface area contributed by atoms with Crippen LogP contribution in [0.2, 0.25) is 0 Å². The second-order valence-corrected chi connectivity index (χ2v) is 8.80. The summed E-state index contributed by atoms with van der Waals surface area (Å²) >= 11 is 0. The first-order valence-corrected chi connectivity index (χ1v) is 10.8. The monoisotopic (exact) mass is 421 g/mol. The molecule has 1 aliphatic rings.